The van der Waals surface area contributed by atoms with E-state index in [4.69, 9.17) is 10.5 Å². The lowest BCUT2D eigenvalue weighted by Crippen LogP contribution is -1.96. The van der Waals surface area contributed by atoms with E-state index in [1.54, 1.807) is 18.2 Å². The van der Waals surface area contributed by atoms with Crippen molar-refractivity contribution in [1.29, 1.82) is 15.8 Å². The molecule has 5 nitrogen and oxygen atoms in total. The average Bonchev–Trinajstić information content (AvgIpc) is 2.98. The topological polar surface area (TPSA) is 97.1 Å². The molecule has 120 valence electrons. The summed E-state index contributed by atoms with van der Waals surface area (Å²) in [5.41, 5.74) is -1.38. The van der Waals surface area contributed by atoms with Gasteiger partial charge in [0.2, 0.25) is 0 Å². The fourth-order valence-electron chi connectivity index (χ4n) is 1.98. The van der Waals surface area contributed by atoms with Crippen LogP contribution in [0.5, 0.6) is 0 Å². The predicted octanol–water partition coefficient (Wildman–Crippen LogP) is 3.73. The van der Waals surface area contributed by atoms with Crippen molar-refractivity contribution in [3.8, 4) is 18.2 Å². The van der Waals surface area contributed by atoms with Gasteiger partial charge in [-0.1, -0.05) is 23.5 Å². The Bertz CT molecular complexity index is 1010. The lowest BCUT2D eigenvalue weighted by atomic mass is 10.1. The second-order valence-electron chi connectivity index (χ2n) is 4.48. The molecule has 0 saturated carbocycles. The molecule has 0 spiro atoms. The quantitative estimate of drug-likeness (QED) is 0.703. The van der Waals surface area contributed by atoms with Crippen molar-refractivity contribution in [3.05, 3.63) is 50.8 Å². The van der Waals surface area contributed by atoms with E-state index < -0.39 is 23.0 Å². The first kappa shape index (κ1) is 16.8. The minimum atomic E-state index is -1.21. The van der Waals surface area contributed by atoms with Crippen molar-refractivity contribution in [2.24, 2.45) is 0 Å². The smallest absolute Gasteiger partial charge is 0.178 e. The Labute approximate surface area is 147 Å². The molecular formula is C15H2F3N5S2. The average molecular weight is 373 g/mol. The van der Waals surface area contributed by atoms with Gasteiger partial charge in [0.05, 0.1) is 15.4 Å². The molecule has 0 fully saturated rings. The summed E-state index contributed by atoms with van der Waals surface area (Å²) in [6.45, 7) is 0. The van der Waals surface area contributed by atoms with E-state index >= 15 is 0 Å². The van der Waals surface area contributed by atoms with Crippen molar-refractivity contribution < 1.29 is 13.2 Å². The molecule has 2 aromatic rings. The zero-order valence-electron chi connectivity index (χ0n) is 11.8. The maximum atomic E-state index is 14.0. The molecule has 10 heteroatoms. The van der Waals surface area contributed by atoms with Gasteiger partial charge in [-0.05, 0) is 0 Å². The number of allylic oxidation sites excluding steroid dienone is 1. The van der Waals surface area contributed by atoms with E-state index in [1.165, 1.54) is 0 Å². The molecule has 1 aromatic heterocycles. The summed E-state index contributed by atoms with van der Waals surface area (Å²) in [6.07, 6.45) is 0. The highest BCUT2D eigenvalue weighted by Gasteiger charge is 2.29. The number of hydrogen-bond donors (Lipinski definition) is 0. The third-order valence-corrected chi connectivity index (χ3v) is 5.36. The minimum absolute atomic E-state index is 0.167. The molecule has 25 heavy (non-hydrogen) atoms. The first-order valence-corrected chi connectivity index (χ1v) is 7.99. The number of fused-ring (bicyclic) bond motifs is 1. The molecular weight excluding hydrogens is 371 g/mol. The number of thioether (sulfide) groups is 2. The molecule has 0 saturated heterocycles. The molecule has 1 aliphatic heterocycles. The molecule has 1 aromatic carbocycles. The van der Waals surface area contributed by atoms with Crippen LogP contribution in [-0.2, 0) is 0 Å². The lowest BCUT2D eigenvalue weighted by molar-refractivity contribution is 0.539. The van der Waals surface area contributed by atoms with Crippen LogP contribution in [0.4, 0.5) is 13.2 Å². The van der Waals surface area contributed by atoms with Crippen LogP contribution >= 0.6 is 23.5 Å². The van der Waals surface area contributed by atoms with E-state index in [2.05, 4.69) is 9.97 Å². The standard InChI is InChI=1S/C15H2F3N5S2/c16-6-1-8(17)12(9(18)2-6)7(3-19)15-24-13-14(25-15)23-11(5-21)10(4-20)22-13/h1-2H. The number of nitrogens with zero attached hydrogens (tertiary/aromatic N) is 5. The summed E-state index contributed by atoms with van der Waals surface area (Å²) in [4.78, 5) is 7.93. The summed E-state index contributed by atoms with van der Waals surface area (Å²) in [5, 5.41) is 27.7. The molecule has 0 unspecified atom stereocenters. The van der Waals surface area contributed by atoms with E-state index in [-0.39, 0.29) is 31.3 Å². The molecule has 0 radical (unpaired) electrons. The van der Waals surface area contributed by atoms with Gasteiger partial charge >= 0.3 is 0 Å². The van der Waals surface area contributed by atoms with Gasteiger partial charge in [0.1, 0.15) is 45.7 Å². The summed E-state index contributed by atoms with van der Waals surface area (Å²) in [7, 11) is 0. The molecule has 3 rings (SSSR count). The van der Waals surface area contributed by atoms with Crippen LogP contribution in [-0.4, -0.2) is 9.97 Å². The fraction of sp³-hybridized carbons (Fsp3) is 0. The summed E-state index contributed by atoms with van der Waals surface area (Å²) in [6, 6.07) is 6.12. The lowest BCUT2D eigenvalue weighted by Gasteiger charge is -2.05. The first-order valence-electron chi connectivity index (χ1n) is 6.35. The highest BCUT2D eigenvalue weighted by molar-refractivity contribution is 8.24. The van der Waals surface area contributed by atoms with Crippen LogP contribution in [0, 0.1) is 51.4 Å². The molecule has 0 atom stereocenters. The molecule has 0 aliphatic carbocycles. The van der Waals surface area contributed by atoms with Gasteiger partial charge in [-0.3, -0.25) is 0 Å². The molecule has 0 N–H and O–H groups in total. The Morgan fingerprint density at radius 2 is 1.36 bits per heavy atom. The number of benzene rings is 1. The SMILES string of the molecule is N#CC(=C1Sc2nc(C#N)c(C#N)nc2S1)c1c(F)cc(F)cc1F. The number of rotatable bonds is 1. The van der Waals surface area contributed by atoms with Crippen molar-refractivity contribution in [3.63, 3.8) is 0 Å². The van der Waals surface area contributed by atoms with E-state index in [0.29, 0.717) is 12.1 Å². The van der Waals surface area contributed by atoms with Crippen LogP contribution < -0.4 is 0 Å². The number of halogens is 3. The van der Waals surface area contributed by atoms with Gasteiger partial charge in [-0.15, -0.1) is 0 Å². The fourth-order valence-corrected chi connectivity index (χ4v) is 4.26. The first-order chi connectivity index (χ1) is 12.0. The van der Waals surface area contributed by atoms with Gasteiger partial charge in [-0.25, -0.2) is 23.1 Å². The molecule has 2 heterocycles. The third kappa shape index (κ3) is 2.91. The van der Waals surface area contributed by atoms with Crippen molar-refractivity contribution in [2.45, 2.75) is 10.1 Å². The summed E-state index contributed by atoms with van der Waals surface area (Å²) < 4.78 is 41.2. The van der Waals surface area contributed by atoms with Gasteiger partial charge in [0.25, 0.3) is 0 Å². The van der Waals surface area contributed by atoms with Gasteiger partial charge in [-0.2, -0.15) is 15.8 Å². The normalized spacial score (nSPS) is 12.1. The highest BCUT2D eigenvalue weighted by Crippen LogP contribution is 2.52. The van der Waals surface area contributed by atoms with Gasteiger partial charge < -0.3 is 0 Å². The summed E-state index contributed by atoms with van der Waals surface area (Å²) >= 11 is 1.79. The van der Waals surface area contributed by atoms with Crippen LogP contribution in [0.3, 0.4) is 0 Å². The maximum Gasteiger partial charge on any atom is 0.178 e. The zero-order valence-corrected chi connectivity index (χ0v) is 13.5. The van der Waals surface area contributed by atoms with Gasteiger partial charge in [0.15, 0.2) is 11.4 Å². The van der Waals surface area contributed by atoms with Crippen LogP contribution in [0.2, 0.25) is 0 Å². The zero-order chi connectivity index (χ0) is 18.1. The summed E-state index contributed by atoms with van der Waals surface area (Å²) in [5.74, 6) is -3.53. The largest absolute Gasteiger partial charge is 0.224 e. The van der Waals surface area contributed by atoms with Gasteiger partial charge in [0, 0.05) is 12.1 Å². The molecule has 0 amide bonds. The van der Waals surface area contributed by atoms with Crippen molar-refractivity contribution >= 4 is 29.1 Å². The Kier molecular flexibility index (Phi) is 4.37. The Morgan fingerprint density at radius 1 is 0.880 bits per heavy atom. The van der Waals surface area contributed by atoms with Crippen molar-refractivity contribution in [1.82, 2.24) is 9.97 Å². The number of hydrogen-bond acceptors (Lipinski definition) is 7. The van der Waals surface area contributed by atoms with Crippen LogP contribution in [0.15, 0.2) is 26.4 Å². The number of aromatic nitrogens is 2. The second kappa shape index (κ2) is 6.48. The van der Waals surface area contributed by atoms with Crippen LogP contribution in [0.1, 0.15) is 17.0 Å². The predicted molar refractivity (Wildman–Crippen MR) is 82.0 cm³/mol. The Morgan fingerprint density at radius 3 is 1.76 bits per heavy atom. The minimum Gasteiger partial charge on any atom is -0.224 e. The second-order valence-corrected chi connectivity index (χ2v) is 6.73. The van der Waals surface area contributed by atoms with E-state index in [9.17, 15) is 18.4 Å². The monoisotopic (exact) mass is 373 g/mol. The maximum absolute atomic E-state index is 14.0. The third-order valence-electron chi connectivity index (χ3n) is 3.00. The molecule has 0 bridgehead atoms. The molecule has 1 aliphatic rings. The number of nitriles is 3. The highest BCUT2D eigenvalue weighted by atomic mass is 32.2. The van der Waals surface area contributed by atoms with Crippen LogP contribution in [0.25, 0.3) is 5.57 Å². The Hall–Kier alpha value is -3.00. The van der Waals surface area contributed by atoms with Crippen molar-refractivity contribution in [2.75, 3.05) is 0 Å². The Balaban J connectivity index is 2.15. The van der Waals surface area contributed by atoms with E-state index in [1.807, 2.05) is 0 Å². The van der Waals surface area contributed by atoms with E-state index in [0.717, 1.165) is 23.5 Å².